The molecule has 0 spiro atoms. The monoisotopic (exact) mass is 431 g/mol. The molecule has 160 valence electrons. The largest absolute Gasteiger partial charge is 0.405 e. The van der Waals surface area contributed by atoms with Crippen LogP contribution in [0.4, 0.5) is 13.2 Å². The van der Waals surface area contributed by atoms with Crippen LogP contribution in [0.2, 0.25) is 0 Å². The molecule has 1 fully saturated rings. The Labute approximate surface area is 170 Å². The van der Waals surface area contributed by atoms with E-state index in [0.717, 1.165) is 30.9 Å². The zero-order valence-electron chi connectivity index (χ0n) is 16.1. The van der Waals surface area contributed by atoms with Gasteiger partial charge in [-0.3, -0.25) is 9.69 Å². The van der Waals surface area contributed by atoms with E-state index in [2.05, 4.69) is 15.0 Å². The SMILES string of the molecule is CC(C(=O)NCC(F)(F)F)N1CCN(CCCc2nc(-c3cccs3)no2)CC1. The molecule has 2 aromatic heterocycles. The summed E-state index contributed by atoms with van der Waals surface area (Å²) in [6.07, 6.45) is -2.83. The highest BCUT2D eigenvalue weighted by atomic mass is 32.1. The minimum absolute atomic E-state index is 0.575. The number of halogens is 3. The number of rotatable bonds is 8. The van der Waals surface area contributed by atoms with Gasteiger partial charge < -0.3 is 14.7 Å². The average molecular weight is 431 g/mol. The van der Waals surface area contributed by atoms with E-state index in [-0.39, 0.29) is 0 Å². The maximum Gasteiger partial charge on any atom is 0.405 e. The summed E-state index contributed by atoms with van der Waals surface area (Å²) in [5.74, 6) is 0.636. The van der Waals surface area contributed by atoms with Crippen molar-refractivity contribution in [3.8, 4) is 10.7 Å². The van der Waals surface area contributed by atoms with Crippen LogP contribution in [0.15, 0.2) is 22.0 Å². The number of amides is 1. The van der Waals surface area contributed by atoms with E-state index in [1.807, 2.05) is 27.7 Å². The van der Waals surface area contributed by atoms with E-state index in [1.54, 1.807) is 18.3 Å². The molecule has 0 radical (unpaired) electrons. The molecule has 3 rings (SSSR count). The summed E-state index contributed by atoms with van der Waals surface area (Å²) in [4.78, 5) is 21.5. The Balaban J connectivity index is 1.35. The third kappa shape index (κ3) is 6.51. The highest BCUT2D eigenvalue weighted by Gasteiger charge is 2.31. The van der Waals surface area contributed by atoms with Crippen molar-refractivity contribution < 1.29 is 22.5 Å². The molecule has 0 aliphatic carbocycles. The highest BCUT2D eigenvalue weighted by Crippen LogP contribution is 2.21. The summed E-state index contributed by atoms with van der Waals surface area (Å²) in [7, 11) is 0. The Kier molecular flexibility index (Phi) is 7.25. The molecule has 2 aromatic rings. The van der Waals surface area contributed by atoms with Gasteiger partial charge in [-0.1, -0.05) is 11.2 Å². The van der Waals surface area contributed by atoms with Crippen molar-refractivity contribution >= 4 is 17.2 Å². The quantitative estimate of drug-likeness (QED) is 0.692. The molecule has 7 nitrogen and oxygen atoms in total. The van der Waals surface area contributed by atoms with Crippen molar-refractivity contribution in [1.82, 2.24) is 25.3 Å². The molecule has 1 atom stereocenters. The lowest BCUT2D eigenvalue weighted by Crippen LogP contribution is -2.54. The van der Waals surface area contributed by atoms with Crippen molar-refractivity contribution in [2.24, 2.45) is 0 Å². The smallest absolute Gasteiger partial charge is 0.346 e. The van der Waals surface area contributed by atoms with Crippen LogP contribution >= 0.6 is 11.3 Å². The Morgan fingerprint density at radius 3 is 2.76 bits per heavy atom. The van der Waals surface area contributed by atoms with Crippen molar-refractivity contribution in [2.45, 2.75) is 32.0 Å². The molecule has 1 amide bonds. The van der Waals surface area contributed by atoms with Gasteiger partial charge in [0.25, 0.3) is 0 Å². The zero-order valence-corrected chi connectivity index (χ0v) is 16.9. The molecule has 11 heteroatoms. The molecule has 0 saturated carbocycles. The number of nitrogens with zero attached hydrogens (tertiary/aromatic N) is 4. The summed E-state index contributed by atoms with van der Waals surface area (Å²) in [6.45, 7) is 4.02. The van der Waals surface area contributed by atoms with Gasteiger partial charge in [-0.15, -0.1) is 11.3 Å². The second kappa shape index (κ2) is 9.68. The summed E-state index contributed by atoms with van der Waals surface area (Å²) in [5, 5.41) is 7.91. The van der Waals surface area contributed by atoms with Crippen LogP contribution in [0.1, 0.15) is 19.2 Å². The fourth-order valence-corrected chi connectivity index (χ4v) is 3.84. The van der Waals surface area contributed by atoms with Crippen LogP contribution < -0.4 is 5.32 Å². The molecular weight excluding hydrogens is 407 g/mol. The van der Waals surface area contributed by atoms with E-state index >= 15 is 0 Å². The van der Waals surface area contributed by atoms with Gasteiger partial charge in [0.1, 0.15) is 6.54 Å². The second-order valence-corrected chi connectivity index (χ2v) is 7.93. The molecule has 1 saturated heterocycles. The molecular formula is C18H24F3N5O2S. The van der Waals surface area contributed by atoms with E-state index in [4.69, 9.17) is 4.52 Å². The normalized spacial score (nSPS) is 17.4. The van der Waals surface area contributed by atoms with Gasteiger partial charge in [0.15, 0.2) is 0 Å². The first-order valence-electron chi connectivity index (χ1n) is 9.49. The number of nitrogens with one attached hydrogen (secondary N) is 1. The first-order valence-corrected chi connectivity index (χ1v) is 10.4. The van der Waals surface area contributed by atoms with Crippen LogP contribution in [0.5, 0.6) is 0 Å². The molecule has 1 aliphatic rings. The van der Waals surface area contributed by atoms with Crippen molar-refractivity contribution in [2.75, 3.05) is 39.3 Å². The van der Waals surface area contributed by atoms with E-state index in [9.17, 15) is 18.0 Å². The first kappa shape index (κ1) is 21.7. The Hall–Kier alpha value is -1.98. The van der Waals surface area contributed by atoms with Crippen molar-refractivity contribution in [3.63, 3.8) is 0 Å². The molecule has 3 heterocycles. The highest BCUT2D eigenvalue weighted by molar-refractivity contribution is 7.13. The second-order valence-electron chi connectivity index (χ2n) is 6.98. The number of piperazine rings is 1. The maximum absolute atomic E-state index is 12.2. The lowest BCUT2D eigenvalue weighted by Gasteiger charge is -2.37. The summed E-state index contributed by atoms with van der Waals surface area (Å²) in [5.41, 5.74) is 0. The minimum Gasteiger partial charge on any atom is -0.346 e. The molecule has 1 unspecified atom stereocenters. The number of carbonyl (C=O) groups excluding carboxylic acids is 1. The van der Waals surface area contributed by atoms with Crippen molar-refractivity contribution in [3.05, 3.63) is 23.4 Å². The predicted octanol–water partition coefficient (Wildman–Crippen LogP) is 2.42. The number of hydrogen-bond acceptors (Lipinski definition) is 7. The average Bonchev–Trinajstić information content (AvgIpc) is 3.37. The predicted molar refractivity (Wildman–Crippen MR) is 102 cm³/mol. The topological polar surface area (TPSA) is 74.5 Å². The number of aryl methyl sites for hydroxylation is 1. The van der Waals surface area contributed by atoms with Crippen molar-refractivity contribution in [1.29, 1.82) is 0 Å². The number of alkyl halides is 3. The maximum atomic E-state index is 12.2. The third-order valence-electron chi connectivity index (χ3n) is 4.87. The first-order chi connectivity index (χ1) is 13.8. The number of carbonyl (C=O) groups is 1. The van der Waals surface area contributed by atoms with Gasteiger partial charge in [-0.05, 0) is 31.3 Å². The van der Waals surface area contributed by atoms with Gasteiger partial charge >= 0.3 is 6.18 Å². The van der Waals surface area contributed by atoms with Gasteiger partial charge in [0.05, 0.1) is 10.9 Å². The minimum atomic E-state index is -4.39. The number of aromatic nitrogens is 2. The fourth-order valence-electron chi connectivity index (χ4n) is 3.19. The zero-order chi connectivity index (χ0) is 20.9. The lowest BCUT2D eigenvalue weighted by atomic mass is 10.2. The lowest BCUT2D eigenvalue weighted by molar-refractivity contribution is -0.141. The van der Waals surface area contributed by atoms with E-state index in [1.165, 1.54) is 0 Å². The fraction of sp³-hybridized carbons (Fsp3) is 0.611. The summed E-state index contributed by atoms with van der Waals surface area (Å²) >= 11 is 1.56. The van der Waals surface area contributed by atoms with Gasteiger partial charge in [-0.25, -0.2) is 0 Å². The molecule has 29 heavy (non-hydrogen) atoms. The number of thiophene rings is 1. The van der Waals surface area contributed by atoms with Crippen LogP contribution in [0.3, 0.4) is 0 Å². The molecule has 0 bridgehead atoms. The summed E-state index contributed by atoms with van der Waals surface area (Å²) in [6, 6.07) is 3.31. The van der Waals surface area contributed by atoms with E-state index in [0.29, 0.717) is 31.2 Å². The summed E-state index contributed by atoms with van der Waals surface area (Å²) < 4.78 is 42.0. The molecule has 0 aromatic carbocycles. The third-order valence-corrected chi connectivity index (χ3v) is 5.74. The van der Waals surface area contributed by atoms with Gasteiger partial charge in [0, 0.05) is 32.6 Å². The van der Waals surface area contributed by atoms with Crippen LogP contribution in [0.25, 0.3) is 10.7 Å². The molecule has 1 aliphatic heterocycles. The molecule has 1 N–H and O–H groups in total. The van der Waals surface area contributed by atoms with E-state index < -0.39 is 24.7 Å². The Bertz CT molecular complexity index is 773. The van der Waals surface area contributed by atoms with Gasteiger partial charge in [0.2, 0.25) is 17.6 Å². The number of hydrogen-bond donors (Lipinski definition) is 1. The van der Waals surface area contributed by atoms with Crippen LogP contribution in [-0.2, 0) is 11.2 Å². The Morgan fingerprint density at radius 1 is 1.34 bits per heavy atom. The van der Waals surface area contributed by atoms with Crippen LogP contribution in [0, 0.1) is 0 Å². The van der Waals surface area contributed by atoms with Gasteiger partial charge in [-0.2, -0.15) is 18.2 Å². The standard InChI is InChI=1S/C18H24F3N5O2S/c1-13(17(27)22-12-18(19,20)21)26-9-7-25(8-10-26)6-2-5-15-23-16(24-28-15)14-4-3-11-29-14/h3-4,11,13H,2,5-10,12H2,1H3,(H,22,27). The van der Waals surface area contributed by atoms with Crippen LogP contribution in [-0.4, -0.2) is 77.3 Å². The Morgan fingerprint density at radius 2 is 2.10 bits per heavy atom.